The number of fused-ring (bicyclic) bond motifs is 2. The molecule has 2 saturated heterocycles. The molecule has 64 valence electrons. The van der Waals surface area contributed by atoms with Gasteiger partial charge in [-0.25, -0.2) is 0 Å². The van der Waals surface area contributed by atoms with Gasteiger partial charge in [-0.3, -0.25) is 0 Å². The van der Waals surface area contributed by atoms with Gasteiger partial charge in [0.15, 0.2) is 6.29 Å². The molecule has 0 amide bonds. The lowest BCUT2D eigenvalue weighted by atomic mass is 10.0. The number of rotatable bonds is 0. The van der Waals surface area contributed by atoms with E-state index < -0.39 is 30.7 Å². The van der Waals surface area contributed by atoms with Crippen molar-refractivity contribution >= 4 is 0 Å². The lowest BCUT2D eigenvalue weighted by Gasteiger charge is -2.32. The number of ether oxygens (including phenoxy) is 2. The SMILES string of the molecule is OC1[C@@H](O)C2CO[C@@H](O2)[C@H]1O. The first-order chi connectivity index (χ1) is 5.20. The van der Waals surface area contributed by atoms with Crippen LogP contribution >= 0.6 is 0 Å². The van der Waals surface area contributed by atoms with Crippen LogP contribution in [0.4, 0.5) is 0 Å². The minimum absolute atomic E-state index is 0.236. The second kappa shape index (κ2) is 2.40. The highest BCUT2D eigenvalue weighted by molar-refractivity contribution is 4.92. The smallest absolute Gasteiger partial charge is 0.186 e. The first-order valence-electron chi connectivity index (χ1n) is 3.51. The molecule has 2 aliphatic heterocycles. The van der Waals surface area contributed by atoms with Gasteiger partial charge in [-0.1, -0.05) is 0 Å². The molecule has 11 heavy (non-hydrogen) atoms. The van der Waals surface area contributed by atoms with Gasteiger partial charge in [0.2, 0.25) is 0 Å². The Labute approximate surface area is 63.2 Å². The van der Waals surface area contributed by atoms with Crippen LogP contribution in [0, 0.1) is 0 Å². The summed E-state index contributed by atoms with van der Waals surface area (Å²) in [6.45, 7) is 0.236. The summed E-state index contributed by atoms with van der Waals surface area (Å²) in [5, 5.41) is 27.6. The molecule has 0 aromatic rings. The summed E-state index contributed by atoms with van der Waals surface area (Å²) in [5.74, 6) is 0. The molecule has 0 aliphatic carbocycles. The summed E-state index contributed by atoms with van der Waals surface area (Å²) in [6, 6.07) is 0. The van der Waals surface area contributed by atoms with Gasteiger partial charge in [0.25, 0.3) is 0 Å². The monoisotopic (exact) mass is 162 g/mol. The van der Waals surface area contributed by atoms with Gasteiger partial charge in [-0.15, -0.1) is 0 Å². The van der Waals surface area contributed by atoms with Crippen LogP contribution in [0.15, 0.2) is 0 Å². The van der Waals surface area contributed by atoms with E-state index >= 15 is 0 Å². The predicted molar refractivity (Wildman–Crippen MR) is 32.6 cm³/mol. The minimum Gasteiger partial charge on any atom is -0.387 e. The Morgan fingerprint density at radius 3 is 2.45 bits per heavy atom. The Hall–Kier alpha value is -0.200. The van der Waals surface area contributed by atoms with Gasteiger partial charge < -0.3 is 24.8 Å². The van der Waals surface area contributed by atoms with Gasteiger partial charge in [-0.2, -0.15) is 0 Å². The first-order valence-corrected chi connectivity index (χ1v) is 3.51. The molecule has 3 N–H and O–H groups in total. The molecule has 0 spiro atoms. The van der Waals surface area contributed by atoms with Crippen LogP contribution in [0.2, 0.25) is 0 Å². The van der Waals surface area contributed by atoms with Crippen molar-refractivity contribution in [3.05, 3.63) is 0 Å². The van der Waals surface area contributed by atoms with E-state index in [1.165, 1.54) is 0 Å². The average Bonchev–Trinajstić information content (AvgIpc) is 2.44. The van der Waals surface area contributed by atoms with Crippen molar-refractivity contribution in [2.75, 3.05) is 6.61 Å². The Balaban J connectivity index is 2.16. The maximum atomic E-state index is 9.22. The van der Waals surface area contributed by atoms with Crippen molar-refractivity contribution in [1.29, 1.82) is 0 Å². The second-order valence-corrected chi connectivity index (χ2v) is 2.85. The third kappa shape index (κ3) is 0.969. The van der Waals surface area contributed by atoms with Crippen LogP contribution < -0.4 is 0 Å². The Morgan fingerprint density at radius 1 is 1.00 bits per heavy atom. The van der Waals surface area contributed by atoms with Crippen molar-refractivity contribution in [1.82, 2.24) is 0 Å². The molecule has 2 rings (SSSR count). The van der Waals surface area contributed by atoms with E-state index in [0.29, 0.717) is 0 Å². The van der Waals surface area contributed by atoms with E-state index in [1.54, 1.807) is 0 Å². The zero-order chi connectivity index (χ0) is 8.01. The van der Waals surface area contributed by atoms with Crippen LogP contribution in [0.3, 0.4) is 0 Å². The number of aliphatic hydroxyl groups excluding tert-OH is 3. The molecule has 0 aromatic heterocycles. The molecule has 2 unspecified atom stereocenters. The lowest BCUT2D eigenvalue weighted by Crippen LogP contribution is -2.53. The van der Waals surface area contributed by atoms with Crippen LogP contribution in [0.1, 0.15) is 0 Å². The molecular formula is C6H10O5. The van der Waals surface area contributed by atoms with E-state index in [-0.39, 0.29) is 6.61 Å². The van der Waals surface area contributed by atoms with Crippen LogP contribution in [-0.2, 0) is 9.47 Å². The highest BCUT2D eigenvalue weighted by Gasteiger charge is 2.48. The zero-order valence-electron chi connectivity index (χ0n) is 5.75. The normalized spacial score (nSPS) is 56.5. The molecular weight excluding hydrogens is 152 g/mol. The highest BCUT2D eigenvalue weighted by atomic mass is 16.7. The lowest BCUT2D eigenvalue weighted by molar-refractivity contribution is -0.228. The quantitative estimate of drug-likeness (QED) is 0.377. The standard InChI is InChI=1S/C6H10O5/c7-3-2-1-10-6(11-2)5(9)4(3)8/h2-9H,1H2/t2?,3-,4?,5-,6-/m0/s1. The fourth-order valence-corrected chi connectivity index (χ4v) is 1.38. The van der Waals surface area contributed by atoms with E-state index in [9.17, 15) is 10.2 Å². The molecule has 2 fully saturated rings. The van der Waals surface area contributed by atoms with E-state index in [0.717, 1.165) is 0 Å². The van der Waals surface area contributed by atoms with Gasteiger partial charge in [0.05, 0.1) is 6.61 Å². The fourth-order valence-electron chi connectivity index (χ4n) is 1.38. The maximum Gasteiger partial charge on any atom is 0.186 e. The van der Waals surface area contributed by atoms with E-state index in [1.807, 2.05) is 0 Å². The van der Waals surface area contributed by atoms with Crippen molar-refractivity contribution in [3.8, 4) is 0 Å². The van der Waals surface area contributed by atoms with Gasteiger partial charge in [0, 0.05) is 0 Å². The number of aliphatic hydroxyl groups is 3. The first kappa shape index (κ1) is 7.45. The van der Waals surface area contributed by atoms with Gasteiger partial charge >= 0.3 is 0 Å². The van der Waals surface area contributed by atoms with Crippen molar-refractivity contribution in [2.24, 2.45) is 0 Å². The molecule has 2 bridgehead atoms. The summed E-state index contributed by atoms with van der Waals surface area (Å²) in [4.78, 5) is 0. The Kier molecular flexibility index (Phi) is 1.62. The molecule has 5 atom stereocenters. The topological polar surface area (TPSA) is 79.2 Å². The largest absolute Gasteiger partial charge is 0.387 e. The molecule has 0 radical (unpaired) electrons. The molecule has 5 heteroatoms. The van der Waals surface area contributed by atoms with Crippen LogP contribution in [-0.4, -0.2) is 52.6 Å². The van der Waals surface area contributed by atoms with E-state index in [2.05, 4.69) is 0 Å². The Morgan fingerprint density at radius 2 is 1.73 bits per heavy atom. The third-order valence-corrected chi connectivity index (χ3v) is 2.09. The summed E-state index contributed by atoms with van der Waals surface area (Å²) in [5.41, 5.74) is 0. The summed E-state index contributed by atoms with van der Waals surface area (Å²) in [6.07, 6.45) is -4.58. The van der Waals surface area contributed by atoms with E-state index in [4.69, 9.17) is 14.6 Å². The van der Waals surface area contributed by atoms with Gasteiger partial charge in [0.1, 0.15) is 24.4 Å². The highest BCUT2D eigenvalue weighted by Crippen LogP contribution is 2.27. The minimum atomic E-state index is -1.15. The number of hydrogen-bond donors (Lipinski definition) is 3. The fraction of sp³-hybridized carbons (Fsp3) is 1.00. The molecule has 0 saturated carbocycles. The molecule has 2 aliphatic rings. The summed E-state index contributed by atoms with van der Waals surface area (Å²) in [7, 11) is 0. The summed E-state index contributed by atoms with van der Waals surface area (Å²) < 4.78 is 9.95. The molecule has 5 nitrogen and oxygen atoms in total. The number of hydrogen-bond acceptors (Lipinski definition) is 5. The van der Waals surface area contributed by atoms with Crippen molar-refractivity contribution < 1.29 is 24.8 Å². The zero-order valence-corrected chi connectivity index (χ0v) is 5.75. The predicted octanol–water partition coefficient (Wildman–Crippen LogP) is -2.18. The Bertz CT molecular complexity index is 141. The molecule has 0 aromatic carbocycles. The molecule has 2 heterocycles. The van der Waals surface area contributed by atoms with Crippen molar-refractivity contribution in [3.63, 3.8) is 0 Å². The average molecular weight is 162 g/mol. The van der Waals surface area contributed by atoms with Crippen molar-refractivity contribution in [2.45, 2.75) is 30.7 Å². The van der Waals surface area contributed by atoms with Crippen LogP contribution in [0.25, 0.3) is 0 Å². The second-order valence-electron chi connectivity index (χ2n) is 2.85. The third-order valence-electron chi connectivity index (χ3n) is 2.09. The maximum absolute atomic E-state index is 9.22. The summed E-state index contributed by atoms with van der Waals surface area (Å²) >= 11 is 0. The van der Waals surface area contributed by atoms with Crippen LogP contribution in [0.5, 0.6) is 0 Å². The van der Waals surface area contributed by atoms with Gasteiger partial charge in [-0.05, 0) is 0 Å².